The average molecular weight is 185 g/mol. The summed E-state index contributed by atoms with van der Waals surface area (Å²) in [6.07, 6.45) is 1.10. The first-order valence-electron chi connectivity index (χ1n) is 4.78. The van der Waals surface area contributed by atoms with Crippen molar-refractivity contribution in [1.82, 2.24) is 10.2 Å². The van der Waals surface area contributed by atoms with Gasteiger partial charge in [0.25, 0.3) is 0 Å². The number of likely N-dealkylation sites (tertiary alicyclic amines) is 1. The van der Waals surface area contributed by atoms with Crippen LogP contribution in [0.15, 0.2) is 0 Å². The van der Waals surface area contributed by atoms with Crippen molar-refractivity contribution in [2.75, 3.05) is 26.7 Å². The Morgan fingerprint density at radius 2 is 2.38 bits per heavy atom. The van der Waals surface area contributed by atoms with E-state index in [9.17, 15) is 4.79 Å². The Bertz CT molecular complexity index is 184. The Balaban J connectivity index is 2.30. The van der Waals surface area contributed by atoms with Crippen molar-refractivity contribution < 1.29 is 4.79 Å². The second kappa shape index (κ2) is 4.58. The maximum atomic E-state index is 10.7. The van der Waals surface area contributed by atoms with Crippen LogP contribution in [0.25, 0.3) is 0 Å². The third kappa shape index (κ3) is 2.97. The van der Waals surface area contributed by atoms with Crippen molar-refractivity contribution in [3.63, 3.8) is 0 Å². The van der Waals surface area contributed by atoms with Gasteiger partial charge >= 0.3 is 0 Å². The second-order valence-corrected chi connectivity index (χ2v) is 3.87. The van der Waals surface area contributed by atoms with Crippen molar-refractivity contribution in [1.29, 1.82) is 0 Å². The summed E-state index contributed by atoms with van der Waals surface area (Å²) in [7, 11) is 2.09. The van der Waals surface area contributed by atoms with Crippen LogP contribution in [-0.2, 0) is 4.79 Å². The van der Waals surface area contributed by atoms with Crippen LogP contribution in [0, 0.1) is 5.92 Å². The van der Waals surface area contributed by atoms with E-state index in [1.807, 2.05) is 0 Å². The minimum atomic E-state index is 0.0459. The number of amides is 1. The van der Waals surface area contributed by atoms with E-state index in [0.29, 0.717) is 12.0 Å². The van der Waals surface area contributed by atoms with E-state index in [2.05, 4.69) is 17.3 Å². The molecule has 0 unspecified atom stereocenters. The Hall–Kier alpha value is -0.610. The zero-order chi connectivity index (χ0) is 9.84. The Labute approximate surface area is 79.5 Å². The van der Waals surface area contributed by atoms with Gasteiger partial charge < -0.3 is 16.0 Å². The molecule has 76 valence electrons. The monoisotopic (exact) mass is 185 g/mol. The second-order valence-electron chi connectivity index (χ2n) is 3.87. The molecule has 1 heterocycles. The van der Waals surface area contributed by atoms with Gasteiger partial charge in [0.2, 0.25) is 5.91 Å². The molecular formula is C9H19N3O. The van der Waals surface area contributed by atoms with E-state index in [-0.39, 0.29) is 5.91 Å². The van der Waals surface area contributed by atoms with Gasteiger partial charge in [-0.3, -0.25) is 4.79 Å². The maximum Gasteiger partial charge on any atom is 0.216 e. The molecule has 4 nitrogen and oxygen atoms in total. The summed E-state index contributed by atoms with van der Waals surface area (Å²) in [6, 6.07) is 0.470. The molecule has 0 aromatic carbocycles. The highest BCUT2D eigenvalue weighted by atomic mass is 16.1. The Morgan fingerprint density at radius 1 is 1.69 bits per heavy atom. The quantitative estimate of drug-likeness (QED) is 0.617. The number of nitrogens with one attached hydrogen (secondary N) is 1. The fraction of sp³-hybridized carbons (Fsp3) is 0.889. The van der Waals surface area contributed by atoms with E-state index in [1.165, 1.54) is 0 Å². The molecule has 0 radical (unpaired) electrons. The predicted molar refractivity (Wildman–Crippen MR) is 52.3 cm³/mol. The zero-order valence-electron chi connectivity index (χ0n) is 8.42. The van der Waals surface area contributed by atoms with Crippen LogP contribution in [0.4, 0.5) is 0 Å². The molecule has 0 spiro atoms. The van der Waals surface area contributed by atoms with Gasteiger partial charge in [0.15, 0.2) is 0 Å². The fourth-order valence-corrected chi connectivity index (χ4v) is 1.87. The molecule has 1 fully saturated rings. The average Bonchev–Trinajstić information content (AvgIpc) is 2.43. The molecule has 0 aliphatic carbocycles. The minimum Gasteiger partial charge on any atom is -0.355 e. The molecule has 0 aromatic heterocycles. The number of nitrogens with zero attached hydrogens (tertiary/aromatic N) is 1. The highest BCUT2D eigenvalue weighted by molar-refractivity contribution is 5.72. The lowest BCUT2D eigenvalue weighted by atomic mass is 10.1. The molecule has 1 rings (SSSR count). The number of hydrogen-bond acceptors (Lipinski definition) is 3. The van der Waals surface area contributed by atoms with Crippen molar-refractivity contribution in [3.8, 4) is 0 Å². The molecular weight excluding hydrogens is 166 g/mol. The molecule has 3 N–H and O–H groups in total. The minimum absolute atomic E-state index is 0.0459. The lowest BCUT2D eigenvalue weighted by Gasteiger charge is -2.18. The van der Waals surface area contributed by atoms with Gasteiger partial charge in [0, 0.05) is 26.1 Å². The van der Waals surface area contributed by atoms with E-state index in [4.69, 9.17) is 5.73 Å². The maximum absolute atomic E-state index is 10.7. The summed E-state index contributed by atoms with van der Waals surface area (Å²) in [4.78, 5) is 13.0. The number of nitrogens with two attached hydrogens (primary N) is 1. The van der Waals surface area contributed by atoms with Crippen LogP contribution in [-0.4, -0.2) is 43.5 Å². The third-order valence-electron chi connectivity index (χ3n) is 2.69. The number of hydrogen-bond donors (Lipinski definition) is 2. The van der Waals surface area contributed by atoms with Crippen LogP contribution >= 0.6 is 0 Å². The Kier molecular flexibility index (Phi) is 3.69. The van der Waals surface area contributed by atoms with Gasteiger partial charge in [-0.1, -0.05) is 0 Å². The molecule has 0 bridgehead atoms. The predicted octanol–water partition coefficient (Wildman–Crippen LogP) is -0.598. The highest BCUT2D eigenvalue weighted by Gasteiger charge is 2.28. The summed E-state index contributed by atoms with van der Waals surface area (Å²) in [6.45, 7) is 4.11. The van der Waals surface area contributed by atoms with Crippen LogP contribution in [0.1, 0.15) is 13.3 Å². The summed E-state index contributed by atoms with van der Waals surface area (Å²) >= 11 is 0. The van der Waals surface area contributed by atoms with E-state index >= 15 is 0 Å². The van der Waals surface area contributed by atoms with E-state index in [0.717, 1.165) is 26.1 Å². The molecule has 1 amide bonds. The van der Waals surface area contributed by atoms with Crippen LogP contribution in [0.5, 0.6) is 0 Å². The van der Waals surface area contributed by atoms with Gasteiger partial charge in [0.05, 0.1) is 0 Å². The van der Waals surface area contributed by atoms with Crippen LogP contribution < -0.4 is 11.1 Å². The van der Waals surface area contributed by atoms with Gasteiger partial charge in [-0.15, -0.1) is 0 Å². The molecule has 0 aromatic rings. The molecule has 13 heavy (non-hydrogen) atoms. The highest BCUT2D eigenvalue weighted by Crippen LogP contribution is 2.19. The summed E-state index contributed by atoms with van der Waals surface area (Å²) in [5, 5.41) is 2.84. The summed E-state index contributed by atoms with van der Waals surface area (Å²) in [5.41, 5.74) is 5.60. The lowest BCUT2D eigenvalue weighted by molar-refractivity contribution is -0.119. The SMILES string of the molecule is CC(=O)NC[C@@H]1C[C@@H](CN)CN1C. The number of carbonyl (C=O) groups is 1. The van der Waals surface area contributed by atoms with Crippen molar-refractivity contribution in [3.05, 3.63) is 0 Å². The Morgan fingerprint density at radius 3 is 2.85 bits per heavy atom. The molecule has 1 saturated heterocycles. The first-order valence-corrected chi connectivity index (χ1v) is 4.78. The summed E-state index contributed by atoms with van der Waals surface area (Å²) in [5.74, 6) is 0.647. The number of likely N-dealkylation sites (N-methyl/N-ethyl adjacent to an activating group) is 1. The van der Waals surface area contributed by atoms with E-state index < -0.39 is 0 Å². The first-order chi connectivity index (χ1) is 6.13. The van der Waals surface area contributed by atoms with Gasteiger partial charge in [-0.25, -0.2) is 0 Å². The van der Waals surface area contributed by atoms with Crippen LogP contribution in [0.3, 0.4) is 0 Å². The van der Waals surface area contributed by atoms with E-state index in [1.54, 1.807) is 6.92 Å². The number of rotatable bonds is 3. The zero-order valence-corrected chi connectivity index (χ0v) is 8.42. The van der Waals surface area contributed by atoms with Gasteiger partial charge in [-0.05, 0) is 25.9 Å². The van der Waals surface area contributed by atoms with Gasteiger partial charge in [0.1, 0.15) is 0 Å². The molecule has 0 saturated carbocycles. The largest absolute Gasteiger partial charge is 0.355 e. The van der Waals surface area contributed by atoms with Gasteiger partial charge in [-0.2, -0.15) is 0 Å². The summed E-state index contributed by atoms with van der Waals surface area (Å²) < 4.78 is 0. The standard InChI is InChI=1S/C9H19N3O/c1-7(13)11-5-9-3-8(4-10)6-12(9)2/h8-9H,3-6,10H2,1-2H3,(H,11,13)/t8-,9-/m0/s1. The van der Waals surface area contributed by atoms with Crippen molar-refractivity contribution >= 4 is 5.91 Å². The molecule has 1 aliphatic heterocycles. The smallest absolute Gasteiger partial charge is 0.216 e. The topological polar surface area (TPSA) is 58.4 Å². The molecule has 4 heteroatoms. The molecule has 1 aliphatic rings. The van der Waals surface area contributed by atoms with Crippen LogP contribution in [0.2, 0.25) is 0 Å². The lowest BCUT2D eigenvalue weighted by Crippen LogP contribution is -2.37. The fourth-order valence-electron chi connectivity index (χ4n) is 1.87. The first kappa shape index (κ1) is 10.5. The van der Waals surface area contributed by atoms with Crippen molar-refractivity contribution in [2.45, 2.75) is 19.4 Å². The normalized spacial score (nSPS) is 29.2. The molecule has 2 atom stereocenters. The van der Waals surface area contributed by atoms with Crippen molar-refractivity contribution in [2.24, 2.45) is 11.7 Å². The third-order valence-corrected chi connectivity index (χ3v) is 2.69. The number of carbonyl (C=O) groups excluding carboxylic acids is 1.